The minimum Gasteiger partial charge on any atom is -0.479 e. The van der Waals surface area contributed by atoms with Crippen molar-refractivity contribution < 1.29 is 18.7 Å². The predicted octanol–water partition coefficient (Wildman–Crippen LogP) is 0.847. The largest absolute Gasteiger partial charge is 0.479 e. The fourth-order valence-electron chi connectivity index (χ4n) is 1.73. The van der Waals surface area contributed by atoms with Gasteiger partial charge in [-0.3, -0.25) is 4.79 Å². The average molecular weight is 254 g/mol. The Balaban J connectivity index is 1.92. The summed E-state index contributed by atoms with van der Waals surface area (Å²) in [6.07, 6.45) is 0.647. The summed E-state index contributed by atoms with van der Waals surface area (Å²) in [5, 5.41) is 0. The highest BCUT2D eigenvalue weighted by atomic mass is 19.1. The molecule has 1 fully saturated rings. The number of morpholine rings is 1. The first-order valence-electron chi connectivity index (χ1n) is 5.81. The van der Waals surface area contributed by atoms with E-state index in [1.807, 2.05) is 0 Å². The van der Waals surface area contributed by atoms with E-state index in [9.17, 15) is 9.18 Å². The van der Waals surface area contributed by atoms with Gasteiger partial charge in [-0.2, -0.15) is 4.39 Å². The van der Waals surface area contributed by atoms with Crippen LogP contribution in [0.1, 0.15) is 6.92 Å². The van der Waals surface area contributed by atoms with Gasteiger partial charge in [0.15, 0.2) is 6.10 Å². The van der Waals surface area contributed by atoms with E-state index in [0.717, 1.165) is 0 Å². The van der Waals surface area contributed by atoms with Crippen molar-refractivity contribution in [2.24, 2.45) is 0 Å². The Bertz CT molecular complexity index is 404. The van der Waals surface area contributed by atoms with Gasteiger partial charge >= 0.3 is 0 Å². The molecule has 1 aromatic rings. The molecule has 0 aromatic carbocycles. The predicted molar refractivity (Wildman–Crippen MR) is 61.7 cm³/mol. The third kappa shape index (κ3) is 3.16. The Hall–Kier alpha value is -1.69. The molecular formula is C12H15FN2O3. The van der Waals surface area contributed by atoms with E-state index in [1.165, 1.54) is 18.3 Å². The lowest BCUT2D eigenvalue weighted by Gasteiger charge is -2.29. The van der Waals surface area contributed by atoms with E-state index >= 15 is 0 Å². The Kier molecular flexibility index (Phi) is 4.09. The number of nitrogens with zero attached hydrogens (tertiary/aromatic N) is 2. The van der Waals surface area contributed by atoms with Crippen molar-refractivity contribution in [3.63, 3.8) is 0 Å². The number of carbonyl (C=O) groups is 1. The second-order valence-electron chi connectivity index (χ2n) is 4.01. The molecule has 1 unspecified atom stereocenters. The van der Waals surface area contributed by atoms with Crippen LogP contribution in [0.2, 0.25) is 0 Å². The minimum atomic E-state index is -0.615. The molecule has 1 aliphatic heterocycles. The van der Waals surface area contributed by atoms with Gasteiger partial charge in [-0.1, -0.05) is 0 Å². The van der Waals surface area contributed by atoms with Gasteiger partial charge in [-0.15, -0.1) is 0 Å². The molecule has 1 atom stereocenters. The van der Waals surface area contributed by atoms with Crippen LogP contribution in [0.25, 0.3) is 0 Å². The molecule has 1 saturated heterocycles. The highest BCUT2D eigenvalue weighted by Crippen LogP contribution is 2.12. The molecular weight excluding hydrogens is 239 g/mol. The van der Waals surface area contributed by atoms with E-state index in [1.54, 1.807) is 11.8 Å². The van der Waals surface area contributed by atoms with E-state index in [2.05, 4.69) is 4.98 Å². The minimum absolute atomic E-state index is 0.0948. The van der Waals surface area contributed by atoms with Gasteiger partial charge in [-0.25, -0.2) is 4.98 Å². The summed E-state index contributed by atoms with van der Waals surface area (Å²) >= 11 is 0. The lowest BCUT2D eigenvalue weighted by molar-refractivity contribution is -0.142. The van der Waals surface area contributed by atoms with Crippen LogP contribution in [-0.4, -0.2) is 48.2 Å². The smallest absolute Gasteiger partial charge is 0.263 e. The first-order valence-corrected chi connectivity index (χ1v) is 5.81. The van der Waals surface area contributed by atoms with Crippen LogP contribution in [-0.2, 0) is 9.53 Å². The Morgan fingerprint density at radius 3 is 2.83 bits per heavy atom. The van der Waals surface area contributed by atoms with Gasteiger partial charge in [0.05, 0.1) is 19.4 Å². The van der Waals surface area contributed by atoms with Gasteiger partial charge < -0.3 is 14.4 Å². The highest BCUT2D eigenvalue weighted by molar-refractivity contribution is 5.81. The van der Waals surface area contributed by atoms with Crippen molar-refractivity contribution in [3.8, 4) is 5.75 Å². The first kappa shape index (κ1) is 12.8. The van der Waals surface area contributed by atoms with Crippen LogP contribution < -0.4 is 4.74 Å². The lowest BCUT2D eigenvalue weighted by Crippen LogP contribution is -2.46. The van der Waals surface area contributed by atoms with E-state index < -0.39 is 12.1 Å². The van der Waals surface area contributed by atoms with Crippen LogP contribution in [0.15, 0.2) is 18.3 Å². The molecule has 6 heteroatoms. The monoisotopic (exact) mass is 254 g/mol. The molecule has 2 heterocycles. The number of hydrogen-bond donors (Lipinski definition) is 0. The summed E-state index contributed by atoms with van der Waals surface area (Å²) in [6.45, 7) is 3.93. The van der Waals surface area contributed by atoms with Gasteiger partial charge in [-0.05, 0) is 19.1 Å². The van der Waals surface area contributed by atoms with Crippen molar-refractivity contribution in [3.05, 3.63) is 24.3 Å². The number of rotatable bonds is 3. The topological polar surface area (TPSA) is 51.7 Å². The fraction of sp³-hybridized carbons (Fsp3) is 0.500. The van der Waals surface area contributed by atoms with E-state index in [-0.39, 0.29) is 5.91 Å². The zero-order valence-corrected chi connectivity index (χ0v) is 10.1. The first-order chi connectivity index (χ1) is 8.66. The maximum absolute atomic E-state index is 12.6. The number of ether oxygens (including phenoxy) is 2. The van der Waals surface area contributed by atoms with E-state index in [4.69, 9.17) is 9.47 Å². The average Bonchev–Trinajstić information content (AvgIpc) is 2.41. The van der Waals surface area contributed by atoms with Gasteiger partial charge in [0.2, 0.25) is 5.95 Å². The van der Waals surface area contributed by atoms with Gasteiger partial charge in [0.25, 0.3) is 5.91 Å². The molecule has 1 aliphatic rings. The number of hydrogen-bond acceptors (Lipinski definition) is 4. The van der Waals surface area contributed by atoms with Crippen LogP contribution in [0, 0.1) is 5.95 Å². The number of halogens is 1. The summed E-state index contributed by atoms with van der Waals surface area (Å²) in [7, 11) is 0. The normalized spacial score (nSPS) is 17.3. The molecule has 0 saturated carbocycles. The molecule has 2 rings (SSSR count). The van der Waals surface area contributed by atoms with Crippen molar-refractivity contribution in [1.29, 1.82) is 0 Å². The number of carbonyl (C=O) groups excluding carboxylic acids is 1. The standard InChI is InChI=1S/C12H15FN2O3/c1-9(12(16)15-4-6-17-7-5-15)18-10-2-3-11(13)14-8-10/h2-3,8-9H,4-7H2,1H3. The number of amides is 1. The summed E-state index contributed by atoms with van der Waals surface area (Å²) in [4.78, 5) is 17.2. The second-order valence-corrected chi connectivity index (χ2v) is 4.01. The van der Waals surface area contributed by atoms with Gasteiger partial charge in [0.1, 0.15) is 5.75 Å². The third-order valence-corrected chi connectivity index (χ3v) is 2.68. The van der Waals surface area contributed by atoms with Crippen molar-refractivity contribution in [2.45, 2.75) is 13.0 Å². The number of aromatic nitrogens is 1. The van der Waals surface area contributed by atoms with Crippen molar-refractivity contribution in [1.82, 2.24) is 9.88 Å². The lowest BCUT2D eigenvalue weighted by atomic mass is 10.3. The van der Waals surface area contributed by atoms with Crippen LogP contribution in [0.4, 0.5) is 4.39 Å². The summed E-state index contributed by atoms with van der Waals surface area (Å²) in [5.74, 6) is -0.289. The Morgan fingerprint density at radius 2 is 2.22 bits per heavy atom. The SMILES string of the molecule is CC(Oc1ccc(F)nc1)C(=O)N1CCOCC1. The van der Waals surface area contributed by atoms with Crippen LogP contribution in [0.3, 0.4) is 0 Å². The fourth-order valence-corrected chi connectivity index (χ4v) is 1.73. The van der Waals surface area contributed by atoms with Crippen molar-refractivity contribution >= 4 is 5.91 Å². The molecule has 18 heavy (non-hydrogen) atoms. The maximum atomic E-state index is 12.6. The zero-order chi connectivity index (χ0) is 13.0. The molecule has 0 radical (unpaired) electrons. The summed E-state index contributed by atoms with van der Waals surface area (Å²) in [5.41, 5.74) is 0. The molecule has 1 amide bonds. The summed E-state index contributed by atoms with van der Waals surface area (Å²) in [6, 6.07) is 2.65. The summed E-state index contributed by atoms with van der Waals surface area (Å²) < 4.78 is 23.2. The zero-order valence-electron chi connectivity index (χ0n) is 10.1. The van der Waals surface area contributed by atoms with Crippen LogP contribution >= 0.6 is 0 Å². The Labute approximate surface area is 105 Å². The van der Waals surface area contributed by atoms with E-state index in [0.29, 0.717) is 32.1 Å². The Morgan fingerprint density at radius 1 is 1.50 bits per heavy atom. The molecule has 0 aliphatic carbocycles. The second kappa shape index (κ2) is 5.77. The third-order valence-electron chi connectivity index (χ3n) is 2.68. The molecule has 98 valence electrons. The number of pyridine rings is 1. The molecule has 0 spiro atoms. The molecule has 1 aromatic heterocycles. The molecule has 0 bridgehead atoms. The molecule has 0 N–H and O–H groups in total. The van der Waals surface area contributed by atoms with Crippen molar-refractivity contribution in [2.75, 3.05) is 26.3 Å². The maximum Gasteiger partial charge on any atom is 0.263 e. The highest BCUT2D eigenvalue weighted by Gasteiger charge is 2.23. The van der Waals surface area contributed by atoms with Gasteiger partial charge in [0, 0.05) is 13.1 Å². The van der Waals surface area contributed by atoms with Crippen LogP contribution in [0.5, 0.6) is 5.75 Å². The quantitative estimate of drug-likeness (QED) is 0.750. The molecule has 5 nitrogen and oxygen atoms in total.